The number of urea groups is 1. The zero-order chi connectivity index (χ0) is 15.8. The topological polar surface area (TPSA) is 98.7 Å². The molecule has 0 radical (unpaired) electrons. The second-order valence-corrected chi connectivity index (χ2v) is 5.85. The average molecular weight is 299 g/mol. The molecule has 1 heterocycles. The number of rotatable bonds is 6. The lowest BCUT2D eigenvalue weighted by Crippen LogP contribution is -2.48. The standard InChI is InChI=1S/C14H25N3O4/c1-10(2)15-14(21)16-12(18)9-17-7-3-4-11(8-17)5-6-13(19)20/h10-11H,3-9H2,1-2H3,(H,19,20)(H2,15,16,18,21). The Kier molecular flexibility index (Phi) is 7.14. The zero-order valence-electron chi connectivity index (χ0n) is 12.7. The number of aliphatic carboxylic acids is 1. The summed E-state index contributed by atoms with van der Waals surface area (Å²) in [6, 6.07) is -0.498. The maximum atomic E-state index is 11.8. The van der Waals surface area contributed by atoms with Gasteiger partial charge < -0.3 is 10.4 Å². The Labute approximate surface area is 125 Å². The summed E-state index contributed by atoms with van der Waals surface area (Å²) in [6.45, 7) is 5.34. The van der Waals surface area contributed by atoms with Crippen LogP contribution < -0.4 is 10.6 Å². The molecule has 1 fully saturated rings. The first-order valence-corrected chi connectivity index (χ1v) is 7.41. The minimum absolute atomic E-state index is 0.0202. The fourth-order valence-electron chi connectivity index (χ4n) is 2.53. The lowest BCUT2D eigenvalue weighted by Gasteiger charge is -2.31. The van der Waals surface area contributed by atoms with E-state index < -0.39 is 12.0 Å². The van der Waals surface area contributed by atoms with E-state index in [4.69, 9.17) is 5.11 Å². The first-order valence-electron chi connectivity index (χ1n) is 7.41. The van der Waals surface area contributed by atoms with Crippen molar-refractivity contribution in [1.82, 2.24) is 15.5 Å². The van der Waals surface area contributed by atoms with Crippen LogP contribution in [0.5, 0.6) is 0 Å². The summed E-state index contributed by atoms with van der Waals surface area (Å²) in [5.74, 6) is -0.797. The zero-order valence-corrected chi connectivity index (χ0v) is 12.7. The third-order valence-corrected chi connectivity index (χ3v) is 3.41. The molecule has 0 bridgehead atoms. The summed E-state index contributed by atoms with van der Waals surface area (Å²) in [4.78, 5) is 35.8. The van der Waals surface area contributed by atoms with Gasteiger partial charge in [-0.15, -0.1) is 0 Å². The molecule has 0 aromatic heterocycles. The van der Waals surface area contributed by atoms with Gasteiger partial charge in [0.25, 0.3) is 0 Å². The number of hydrogen-bond acceptors (Lipinski definition) is 4. The van der Waals surface area contributed by atoms with Gasteiger partial charge in [0.15, 0.2) is 0 Å². The minimum atomic E-state index is -0.782. The van der Waals surface area contributed by atoms with Gasteiger partial charge in [-0.05, 0) is 45.6 Å². The summed E-state index contributed by atoms with van der Waals surface area (Å²) in [7, 11) is 0. The molecule has 0 saturated carbocycles. The molecule has 1 rings (SSSR count). The molecule has 0 aliphatic carbocycles. The van der Waals surface area contributed by atoms with Crippen LogP contribution in [0.15, 0.2) is 0 Å². The maximum absolute atomic E-state index is 11.8. The molecule has 120 valence electrons. The van der Waals surface area contributed by atoms with Crippen LogP contribution in [-0.4, -0.2) is 53.6 Å². The summed E-state index contributed by atoms with van der Waals surface area (Å²) >= 11 is 0. The number of imide groups is 1. The van der Waals surface area contributed by atoms with Gasteiger partial charge in [0, 0.05) is 19.0 Å². The molecule has 0 aromatic carbocycles. The molecule has 1 atom stereocenters. The van der Waals surface area contributed by atoms with Crippen LogP contribution in [0.1, 0.15) is 39.5 Å². The van der Waals surface area contributed by atoms with E-state index in [1.807, 2.05) is 18.7 Å². The smallest absolute Gasteiger partial charge is 0.321 e. The predicted molar refractivity (Wildman–Crippen MR) is 77.8 cm³/mol. The summed E-state index contributed by atoms with van der Waals surface area (Å²) in [5, 5.41) is 13.6. The molecule has 1 unspecified atom stereocenters. The van der Waals surface area contributed by atoms with Gasteiger partial charge in [0.2, 0.25) is 5.91 Å². The third kappa shape index (κ3) is 7.65. The second kappa shape index (κ2) is 8.61. The summed E-state index contributed by atoms with van der Waals surface area (Å²) in [5.41, 5.74) is 0. The van der Waals surface area contributed by atoms with Crippen LogP contribution >= 0.6 is 0 Å². The van der Waals surface area contributed by atoms with Crippen molar-refractivity contribution in [3.63, 3.8) is 0 Å². The van der Waals surface area contributed by atoms with E-state index in [0.717, 1.165) is 19.4 Å². The molecule has 3 N–H and O–H groups in total. The molecule has 7 heteroatoms. The van der Waals surface area contributed by atoms with Crippen LogP contribution in [0, 0.1) is 5.92 Å². The number of carbonyl (C=O) groups excluding carboxylic acids is 2. The van der Waals surface area contributed by atoms with E-state index in [-0.39, 0.29) is 24.9 Å². The Hall–Kier alpha value is -1.63. The first-order chi connectivity index (χ1) is 9.86. The number of nitrogens with zero attached hydrogens (tertiary/aromatic N) is 1. The number of nitrogens with one attached hydrogen (secondary N) is 2. The van der Waals surface area contributed by atoms with Crippen molar-refractivity contribution in [1.29, 1.82) is 0 Å². The Morgan fingerprint density at radius 2 is 2.05 bits per heavy atom. The molecule has 1 aliphatic rings. The monoisotopic (exact) mass is 299 g/mol. The fraction of sp³-hybridized carbons (Fsp3) is 0.786. The van der Waals surface area contributed by atoms with E-state index in [9.17, 15) is 14.4 Å². The number of carboxylic acids is 1. The Morgan fingerprint density at radius 1 is 1.33 bits per heavy atom. The highest BCUT2D eigenvalue weighted by Crippen LogP contribution is 2.20. The fourth-order valence-corrected chi connectivity index (χ4v) is 2.53. The van der Waals surface area contributed by atoms with E-state index in [2.05, 4.69) is 10.6 Å². The maximum Gasteiger partial charge on any atom is 0.321 e. The molecular formula is C14H25N3O4. The molecule has 0 aromatic rings. The number of carboxylic acid groups (broad SMARTS) is 1. The largest absolute Gasteiger partial charge is 0.481 e. The van der Waals surface area contributed by atoms with Crippen LogP contribution in [-0.2, 0) is 9.59 Å². The van der Waals surface area contributed by atoms with Crippen molar-refractivity contribution >= 4 is 17.9 Å². The van der Waals surface area contributed by atoms with E-state index in [1.165, 1.54) is 0 Å². The molecule has 0 spiro atoms. The molecular weight excluding hydrogens is 274 g/mol. The number of piperidine rings is 1. The van der Waals surface area contributed by atoms with Crippen LogP contribution in [0.3, 0.4) is 0 Å². The Balaban J connectivity index is 2.31. The van der Waals surface area contributed by atoms with E-state index >= 15 is 0 Å². The predicted octanol–water partition coefficient (Wildman–Crippen LogP) is 0.797. The van der Waals surface area contributed by atoms with Gasteiger partial charge in [-0.25, -0.2) is 4.79 Å². The molecule has 7 nitrogen and oxygen atoms in total. The number of carbonyl (C=O) groups is 3. The van der Waals surface area contributed by atoms with Crippen LogP contribution in [0.4, 0.5) is 4.79 Å². The van der Waals surface area contributed by atoms with Crippen molar-refractivity contribution < 1.29 is 19.5 Å². The molecule has 1 aliphatic heterocycles. The molecule has 3 amide bonds. The van der Waals surface area contributed by atoms with Crippen LogP contribution in [0.2, 0.25) is 0 Å². The first kappa shape index (κ1) is 17.4. The second-order valence-electron chi connectivity index (χ2n) is 5.85. The van der Waals surface area contributed by atoms with Gasteiger partial charge in [0.1, 0.15) is 0 Å². The van der Waals surface area contributed by atoms with Gasteiger partial charge in [-0.2, -0.15) is 0 Å². The van der Waals surface area contributed by atoms with E-state index in [1.54, 1.807) is 0 Å². The Morgan fingerprint density at radius 3 is 2.67 bits per heavy atom. The minimum Gasteiger partial charge on any atom is -0.481 e. The van der Waals surface area contributed by atoms with E-state index in [0.29, 0.717) is 18.9 Å². The number of amides is 3. The van der Waals surface area contributed by atoms with Gasteiger partial charge >= 0.3 is 12.0 Å². The third-order valence-electron chi connectivity index (χ3n) is 3.41. The van der Waals surface area contributed by atoms with Crippen molar-refractivity contribution in [3.05, 3.63) is 0 Å². The van der Waals surface area contributed by atoms with Gasteiger partial charge in [-0.3, -0.25) is 19.8 Å². The quantitative estimate of drug-likeness (QED) is 0.674. The summed E-state index contributed by atoms with van der Waals surface area (Å²) < 4.78 is 0. The van der Waals surface area contributed by atoms with Crippen LogP contribution in [0.25, 0.3) is 0 Å². The highest BCUT2D eigenvalue weighted by atomic mass is 16.4. The van der Waals surface area contributed by atoms with Gasteiger partial charge in [-0.1, -0.05) is 0 Å². The van der Waals surface area contributed by atoms with Crippen molar-refractivity contribution in [2.45, 2.75) is 45.6 Å². The molecule has 1 saturated heterocycles. The summed E-state index contributed by atoms with van der Waals surface area (Å²) in [6.07, 6.45) is 2.76. The molecule has 21 heavy (non-hydrogen) atoms. The highest BCUT2D eigenvalue weighted by molar-refractivity contribution is 5.95. The normalized spacial score (nSPS) is 19.3. The van der Waals surface area contributed by atoms with Crippen molar-refractivity contribution in [3.8, 4) is 0 Å². The van der Waals surface area contributed by atoms with Crippen molar-refractivity contribution in [2.24, 2.45) is 5.92 Å². The number of hydrogen-bond donors (Lipinski definition) is 3. The van der Waals surface area contributed by atoms with Crippen molar-refractivity contribution in [2.75, 3.05) is 19.6 Å². The number of likely N-dealkylation sites (tertiary alicyclic amines) is 1. The lowest BCUT2D eigenvalue weighted by atomic mass is 9.93. The Bertz CT molecular complexity index is 384. The SMILES string of the molecule is CC(C)NC(=O)NC(=O)CN1CCCC(CCC(=O)O)C1. The highest BCUT2D eigenvalue weighted by Gasteiger charge is 2.22. The van der Waals surface area contributed by atoms with Gasteiger partial charge in [0.05, 0.1) is 6.54 Å². The lowest BCUT2D eigenvalue weighted by molar-refractivity contribution is -0.137. The average Bonchev–Trinajstić information content (AvgIpc) is 2.35.